The monoisotopic (exact) mass is 742 g/mol. The molecule has 1 aliphatic carbocycles. The predicted molar refractivity (Wildman–Crippen MR) is 229 cm³/mol. The van der Waals surface area contributed by atoms with Crippen molar-refractivity contribution in [3.63, 3.8) is 0 Å². The second kappa shape index (κ2) is 13.1. The Bertz CT molecular complexity index is 3140. The van der Waals surface area contributed by atoms with Crippen molar-refractivity contribution in [1.29, 1.82) is 0 Å². The number of para-hydroxylation sites is 2. The lowest BCUT2D eigenvalue weighted by Gasteiger charge is -2.11. The highest BCUT2D eigenvalue weighted by molar-refractivity contribution is 7.21. The third-order valence-electron chi connectivity index (χ3n) is 10.2. The second-order valence-electron chi connectivity index (χ2n) is 13.7. The lowest BCUT2D eigenvalue weighted by molar-refractivity contribution is 0.978. The van der Waals surface area contributed by atoms with Gasteiger partial charge in [-0.2, -0.15) is 0 Å². The van der Waals surface area contributed by atoms with E-state index in [1.807, 2.05) is 36.4 Å². The van der Waals surface area contributed by atoms with Gasteiger partial charge in [0.1, 0.15) is 5.01 Å². The third kappa shape index (κ3) is 5.66. The largest absolute Gasteiger partial charge is 0.285 e. The van der Waals surface area contributed by atoms with Gasteiger partial charge in [-0.3, -0.25) is 4.57 Å². The van der Waals surface area contributed by atoms with Crippen LogP contribution in [0.1, 0.15) is 18.7 Å². The molecular weight excluding hydrogens is 713 g/mol. The first-order chi connectivity index (χ1) is 27.2. The first-order valence-electron chi connectivity index (χ1n) is 18.3. The predicted octanol–water partition coefficient (Wildman–Crippen LogP) is 12.6. The minimum atomic E-state index is 0.665. The third-order valence-corrected chi connectivity index (χ3v) is 12.3. The highest BCUT2D eigenvalue weighted by Crippen LogP contribution is 2.39. The van der Waals surface area contributed by atoms with Crippen molar-refractivity contribution in [2.75, 3.05) is 0 Å². The van der Waals surface area contributed by atoms with E-state index in [4.69, 9.17) is 24.9 Å². The molecule has 0 saturated heterocycles. The van der Waals surface area contributed by atoms with Crippen LogP contribution in [0.15, 0.2) is 158 Å². The molecular formula is C47H30N6S2. The van der Waals surface area contributed by atoms with E-state index in [1.54, 1.807) is 22.7 Å². The molecule has 0 N–H and O–H groups in total. The highest BCUT2D eigenvalue weighted by atomic mass is 32.1. The molecule has 0 aliphatic heterocycles. The van der Waals surface area contributed by atoms with Crippen molar-refractivity contribution in [3.8, 4) is 49.6 Å². The van der Waals surface area contributed by atoms with Crippen molar-refractivity contribution >= 4 is 70.5 Å². The summed E-state index contributed by atoms with van der Waals surface area (Å²) >= 11 is 3.41. The smallest absolute Gasteiger partial charge is 0.195 e. The number of benzene rings is 6. The van der Waals surface area contributed by atoms with Gasteiger partial charge in [0, 0.05) is 27.5 Å². The fourth-order valence-corrected chi connectivity index (χ4v) is 9.48. The van der Waals surface area contributed by atoms with Crippen LogP contribution in [0.3, 0.4) is 0 Å². The lowest BCUT2D eigenvalue weighted by atomic mass is 10.0. The number of thiazole rings is 2. The maximum Gasteiger partial charge on any atom is 0.195 e. The Balaban J connectivity index is 0.962. The summed E-state index contributed by atoms with van der Waals surface area (Å²) in [5.41, 5.74) is 10.7. The molecule has 260 valence electrons. The molecule has 1 aliphatic rings. The summed E-state index contributed by atoms with van der Waals surface area (Å²) in [5, 5.41) is 4.37. The van der Waals surface area contributed by atoms with Crippen molar-refractivity contribution < 1.29 is 0 Å². The summed E-state index contributed by atoms with van der Waals surface area (Å²) in [6.45, 7) is 0. The zero-order valence-electron chi connectivity index (χ0n) is 29.4. The summed E-state index contributed by atoms with van der Waals surface area (Å²) in [5.74, 6) is 2.07. The first kappa shape index (κ1) is 31.9. The number of aromatic nitrogens is 6. The maximum atomic E-state index is 5.09. The Morgan fingerprint density at radius 3 is 2.09 bits per heavy atom. The van der Waals surface area contributed by atoms with Crippen LogP contribution < -0.4 is 0 Å². The second-order valence-corrected chi connectivity index (χ2v) is 15.7. The first-order valence-corrected chi connectivity index (χ1v) is 19.9. The fourth-order valence-electron chi connectivity index (χ4n) is 7.49. The molecule has 0 spiro atoms. The number of hydrogen-bond donors (Lipinski definition) is 0. The van der Waals surface area contributed by atoms with Gasteiger partial charge in [0.2, 0.25) is 0 Å². The van der Waals surface area contributed by atoms with Gasteiger partial charge in [0.25, 0.3) is 0 Å². The molecule has 0 bridgehead atoms. The molecule has 8 heteroatoms. The molecule has 6 nitrogen and oxygen atoms in total. The number of nitrogens with zero attached hydrogens (tertiary/aromatic N) is 6. The van der Waals surface area contributed by atoms with Crippen molar-refractivity contribution in [3.05, 3.63) is 164 Å². The van der Waals surface area contributed by atoms with Gasteiger partial charge in [-0.25, -0.2) is 24.9 Å². The average molecular weight is 743 g/mol. The summed E-state index contributed by atoms with van der Waals surface area (Å²) in [7, 11) is 0. The van der Waals surface area contributed by atoms with E-state index < -0.39 is 0 Å². The van der Waals surface area contributed by atoms with Crippen LogP contribution >= 0.6 is 22.7 Å². The van der Waals surface area contributed by atoms with Crippen LogP contribution in [0, 0.1) is 0 Å². The standard InChI is InChI=1S/C47H30N6S2/c1-3-12-29(13-4-1)43-50-44(30-14-5-2-6-15-30)52-45(51-43)33-22-24-38-42(28-33)54-46(48-38)34-17-11-16-31(26-34)32-23-25-40-36(27-32)35-18-7-9-20-39(35)53(40)47-49-37-19-8-10-21-41(37)55-47/h1-5,7-14,16-28H,6,15H2. The van der Waals surface area contributed by atoms with Gasteiger partial charge in [-0.05, 0) is 84.1 Å². The van der Waals surface area contributed by atoms with E-state index in [9.17, 15) is 0 Å². The fraction of sp³-hybridized carbons (Fsp3) is 0.0426. The van der Waals surface area contributed by atoms with Gasteiger partial charge in [0.05, 0.1) is 31.5 Å². The van der Waals surface area contributed by atoms with Gasteiger partial charge < -0.3 is 0 Å². The molecule has 4 heterocycles. The highest BCUT2D eigenvalue weighted by Gasteiger charge is 2.18. The van der Waals surface area contributed by atoms with E-state index in [2.05, 4.69) is 126 Å². The number of allylic oxidation sites excluding steroid dienone is 4. The summed E-state index contributed by atoms with van der Waals surface area (Å²) in [4.78, 5) is 25.0. The van der Waals surface area contributed by atoms with E-state index in [-0.39, 0.29) is 0 Å². The Morgan fingerprint density at radius 1 is 0.473 bits per heavy atom. The molecule has 6 aromatic carbocycles. The normalized spacial score (nSPS) is 13.0. The Morgan fingerprint density at radius 2 is 1.20 bits per heavy atom. The van der Waals surface area contributed by atoms with E-state index in [0.717, 1.165) is 89.0 Å². The molecule has 0 atom stereocenters. The van der Waals surface area contributed by atoms with E-state index >= 15 is 0 Å². The van der Waals surface area contributed by atoms with E-state index in [1.165, 1.54) is 15.5 Å². The molecule has 55 heavy (non-hydrogen) atoms. The summed E-state index contributed by atoms with van der Waals surface area (Å²) < 4.78 is 4.57. The van der Waals surface area contributed by atoms with Gasteiger partial charge in [0.15, 0.2) is 22.6 Å². The molecule has 0 radical (unpaired) electrons. The quantitative estimate of drug-likeness (QED) is 0.170. The molecule has 0 saturated carbocycles. The molecule has 10 aromatic rings. The maximum absolute atomic E-state index is 5.09. The zero-order chi connectivity index (χ0) is 36.3. The van der Waals surface area contributed by atoms with Crippen LogP contribution in [0.2, 0.25) is 0 Å². The van der Waals surface area contributed by atoms with Gasteiger partial charge in [-0.15, -0.1) is 11.3 Å². The van der Waals surface area contributed by atoms with Crippen molar-refractivity contribution in [1.82, 2.24) is 29.5 Å². The van der Waals surface area contributed by atoms with Crippen LogP contribution in [0.4, 0.5) is 0 Å². The van der Waals surface area contributed by atoms with E-state index in [0.29, 0.717) is 11.6 Å². The minimum absolute atomic E-state index is 0.665. The zero-order valence-corrected chi connectivity index (χ0v) is 31.1. The SMILES string of the molecule is C1=CCCC(c2nc(-c3ccccc3)nc(-c3ccc4nc(-c5cccc(-c6ccc7c(c6)c6ccccc6n7-c6nc7ccccc7s6)c5)sc4c3)n2)=C1. The van der Waals surface area contributed by atoms with Gasteiger partial charge in [-0.1, -0.05) is 114 Å². The molecule has 0 amide bonds. The number of fused-ring (bicyclic) bond motifs is 5. The number of rotatable bonds is 6. The minimum Gasteiger partial charge on any atom is -0.285 e. The Hall–Kier alpha value is -6.61. The van der Waals surface area contributed by atoms with Crippen molar-refractivity contribution in [2.45, 2.75) is 12.8 Å². The van der Waals surface area contributed by atoms with Crippen molar-refractivity contribution in [2.24, 2.45) is 0 Å². The topological polar surface area (TPSA) is 69.4 Å². The Labute approximate surface area is 324 Å². The van der Waals surface area contributed by atoms with Gasteiger partial charge >= 0.3 is 0 Å². The molecule has 4 aromatic heterocycles. The molecule has 0 fully saturated rings. The lowest BCUT2D eigenvalue weighted by Crippen LogP contribution is -2.03. The number of hydrogen-bond acceptors (Lipinski definition) is 7. The van der Waals surface area contributed by atoms with Crippen LogP contribution in [-0.2, 0) is 0 Å². The summed E-state index contributed by atoms with van der Waals surface area (Å²) in [6, 6.07) is 48.9. The molecule has 0 unspecified atom stereocenters. The Kier molecular flexibility index (Phi) is 7.57. The van der Waals surface area contributed by atoms with Crippen LogP contribution in [0.25, 0.3) is 97.4 Å². The van der Waals surface area contributed by atoms with Crippen LogP contribution in [-0.4, -0.2) is 29.5 Å². The molecule has 11 rings (SSSR count). The van der Waals surface area contributed by atoms with Crippen LogP contribution in [0.5, 0.6) is 0 Å². The average Bonchev–Trinajstić information content (AvgIpc) is 3.97. The summed E-state index contributed by atoms with van der Waals surface area (Å²) in [6.07, 6.45) is 8.27.